The van der Waals surface area contributed by atoms with Crippen LogP contribution in [0, 0.1) is 0 Å². The Balaban J connectivity index is 1.95. The predicted molar refractivity (Wildman–Crippen MR) is 64.1 cm³/mol. The molecular formula is C12H8N6. The third-order valence-electron chi connectivity index (χ3n) is 2.32. The molecule has 3 aromatic heterocycles. The zero-order valence-corrected chi connectivity index (χ0v) is 9.30. The highest BCUT2D eigenvalue weighted by atomic mass is 15.1. The van der Waals surface area contributed by atoms with E-state index < -0.39 is 0 Å². The van der Waals surface area contributed by atoms with Crippen molar-refractivity contribution in [3.63, 3.8) is 0 Å². The molecule has 0 atom stereocenters. The van der Waals surface area contributed by atoms with E-state index in [-0.39, 0.29) is 0 Å². The predicted octanol–water partition coefficient (Wildman–Crippen LogP) is 1.39. The smallest absolute Gasteiger partial charge is 0.113 e. The molecule has 0 aliphatic heterocycles. The van der Waals surface area contributed by atoms with Crippen LogP contribution in [0.1, 0.15) is 0 Å². The Morgan fingerprint density at radius 2 is 1.06 bits per heavy atom. The Morgan fingerprint density at radius 3 is 1.39 bits per heavy atom. The molecule has 3 rings (SSSR count). The van der Waals surface area contributed by atoms with Gasteiger partial charge in [-0.2, -0.15) is 0 Å². The third kappa shape index (κ3) is 2.03. The van der Waals surface area contributed by atoms with E-state index in [9.17, 15) is 0 Å². The lowest BCUT2D eigenvalue weighted by Gasteiger charge is -2.00. The van der Waals surface area contributed by atoms with Gasteiger partial charge in [0.2, 0.25) is 0 Å². The molecule has 0 unspecified atom stereocenters. The summed E-state index contributed by atoms with van der Waals surface area (Å²) in [5, 5.41) is 8.21. The summed E-state index contributed by atoms with van der Waals surface area (Å²) in [4.78, 5) is 16.3. The molecule has 6 nitrogen and oxygen atoms in total. The first-order valence-electron chi connectivity index (χ1n) is 5.30. The molecule has 0 radical (unpaired) electrons. The molecule has 0 aliphatic carbocycles. The second kappa shape index (κ2) is 4.62. The van der Waals surface area contributed by atoms with Crippen LogP contribution in [0.3, 0.4) is 0 Å². The largest absolute Gasteiger partial charge is 0.261 e. The minimum absolute atomic E-state index is 0.677. The Labute approximate surface area is 103 Å². The van der Waals surface area contributed by atoms with Crippen molar-refractivity contribution in [2.24, 2.45) is 0 Å². The highest BCUT2D eigenvalue weighted by Crippen LogP contribution is 2.15. The van der Waals surface area contributed by atoms with Crippen LogP contribution in [-0.2, 0) is 0 Å². The maximum Gasteiger partial charge on any atom is 0.113 e. The van der Waals surface area contributed by atoms with Crippen LogP contribution in [0.2, 0.25) is 0 Å². The monoisotopic (exact) mass is 236 g/mol. The van der Waals surface area contributed by atoms with Gasteiger partial charge in [0.1, 0.15) is 22.8 Å². The molecule has 3 heterocycles. The molecule has 0 spiro atoms. The number of nitrogens with zero attached hydrogens (tertiary/aromatic N) is 6. The molecule has 0 bridgehead atoms. The number of rotatable bonds is 2. The molecule has 6 heteroatoms. The molecule has 86 valence electrons. The normalized spacial score (nSPS) is 10.2. The molecule has 0 aliphatic rings. The van der Waals surface area contributed by atoms with Gasteiger partial charge in [-0.3, -0.25) is 19.9 Å². The Hall–Kier alpha value is -2.76. The summed E-state index contributed by atoms with van der Waals surface area (Å²) < 4.78 is 0. The summed E-state index contributed by atoms with van der Waals surface area (Å²) in [6, 6.07) is 3.67. The zero-order valence-electron chi connectivity index (χ0n) is 9.30. The first-order chi connectivity index (χ1) is 8.93. The summed E-state index contributed by atoms with van der Waals surface area (Å²) in [5.41, 5.74) is 2.73. The van der Waals surface area contributed by atoms with Gasteiger partial charge in [0.05, 0.1) is 12.4 Å². The van der Waals surface area contributed by atoms with Crippen LogP contribution >= 0.6 is 0 Å². The maximum absolute atomic E-state index is 4.16. The van der Waals surface area contributed by atoms with E-state index in [1.807, 2.05) is 12.1 Å². The van der Waals surface area contributed by atoms with E-state index in [0.29, 0.717) is 22.8 Å². The van der Waals surface area contributed by atoms with Crippen LogP contribution in [0.4, 0.5) is 0 Å². The van der Waals surface area contributed by atoms with Crippen molar-refractivity contribution in [1.82, 2.24) is 30.1 Å². The van der Waals surface area contributed by atoms with E-state index in [2.05, 4.69) is 30.1 Å². The lowest BCUT2D eigenvalue weighted by atomic mass is 10.2. The molecule has 0 fully saturated rings. The standard InChI is InChI=1S/C12H8N6/c1-2-10(12-8-14-4-6-16-12)18-17-9(1)11-7-13-3-5-15-11/h1-8H. The summed E-state index contributed by atoms with van der Waals surface area (Å²) in [6.45, 7) is 0. The SMILES string of the molecule is c1cnc(-c2ccc(-c3cnccn3)nn2)cn1. The van der Waals surface area contributed by atoms with Crippen LogP contribution in [0.5, 0.6) is 0 Å². The summed E-state index contributed by atoms with van der Waals surface area (Å²) in [7, 11) is 0. The van der Waals surface area contributed by atoms with Gasteiger partial charge in [-0.25, -0.2) is 0 Å². The van der Waals surface area contributed by atoms with E-state index in [4.69, 9.17) is 0 Å². The van der Waals surface area contributed by atoms with E-state index >= 15 is 0 Å². The Bertz CT molecular complexity index is 565. The van der Waals surface area contributed by atoms with Crippen molar-refractivity contribution in [2.75, 3.05) is 0 Å². The second-order valence-corrected chi connectivity index (χ2v) is 3.49. The number of hydrogen-bond acceptors (Lipinski definition) is 6. The van der Waals surface area contributed by atoms with Gasteiger partial charge in [0.15, 0.2) is 0 Å². The molecule has 0 amide bonds. The van der Waals surface area contributed by atoms with E-state index in [1.165, 1.54) is 0 Å². The molecule has 3 aromatic rings. The van der Waals surface area contributed by atoms with Crippen molar-refractivity contribution in [2.45, 2.75) is 0 Å². The second-order valence-electron chi connectivity index (χ2n) is 3.49. The zero-order chi connectivity index (χ0) is 12.2. The fourth-order valence-electron chi connectivity index (χ4n) is 1.47. The lowest BCUT2D eigenvalue weighted by Crippen LogP contribution is -1.94. The minimum atomic E-state index is 0.677. The maximum atomic E-state index is 4.16. The van der Waals surface area contributed by atoms with Gasteiger partial charge < -0.3 is 0 Å². The molecule has 0 saturated heterocycles. The fraction of sp³-hybridized carbons (Fsp3) is 0. The van der Waals surface area contributed by atoms with Crippen LogP contribution in [0.25, 0.3) is 22.8 Å². The van der Waals surface area contributed by atoms with Gasteiger partial charge in [0.25, 0.3) is 0 Å². The van der Waals surface area contributed by atoms with Crippen LogP contribution in [0.15, 0.2) is 49.3 Å². The first-order valence-corrected chi connectivity index (χ1v) is 5.30. The average Bonchev–Trinajstić information content (AvgIpc) is 2.49. The minimum Gasteiger partial charge on any atom is -0.261 e. The molecule has 0 saturated carbocycles. The van der Waals surface area contributed by atoms with Crippen molar-refractivity contribution in [3.05, 3.63) is 49.3 Å². The summed E-state index contributed by atoms with van der Waals surface area (Å²) in [6.07, 6.45) is 9.76. The number of hydrogen-bond donors (Lipinski definition) is 0. The van der Waals surface area contributed by atoms with Gasteiger partial charge in [-0.1, -0.05) is 0 Å². The van der Waals surface area contributed by atoms with Crippen molar-refractivity contribution in [3.8, 4) is 22.8 Å². The van der Waals surface area contributed by atoms with Gasteiger partial charge in [-0.15, -0.1) is 10.2 Å². The van der Waals surface area contributed by atoms with Gasteiger partial charge >= 0.3 is 0 Å². The van der Waals surface area contributed by atoms with Crippen LogP contribution < -0.4 is 0 Å². The Kier molecular flexibility index (Phi) is 2.67. The quantitative estimate of drug-likeness (QED) is 0.669. The Morgan fingerprint density at radius 1 is 0.556 bits per heavy atom. The van der Waals surface area contributed by atoms with E-state index in [1.54, 1.807) is 37.2 Å². The highest BCUT2D eigenvalue weighted by molar-refractivity contribution is 5.57. The van der Waals surface area contributed by atoms with Gasteiger partial charge in [-0.05, 0) is 12.1 Å². The highest BCUT2D eigenvalue weighted by Gasteiger charge is 2.04. The average molecular weight is 236 g/mol. The summed E-state index contributed by atoms with van der Waals surface area (Å²) >= 11 is 0. The number of aromatic nitrogens is 6. The summed E-state index contributed by atoms with van der Waals surface area (Å²) in [5.74, 6) is 0. The van der Waals surface area contributed by atoms with Crippen molar-refractivity contribution >= 4 is 0 Å². The van der Waals surface area contributed by atoms with Gasteiger partial charge in [0, 0.05) is 24.8 Å². The topological polar surface area (TPSA) is 77.3 Å². The molecule has 0 aromatic carbocycles. The molecular weight excluding hydrogens is 228 g/mol. The van der Waals surface area contributed by atoms with Crippen molar-refractivity contribution in [1.29, 1.82) is 0 Å². The van der Waals surface area contributed by atoms with Crippen LogP contribution in [-0.4, -0.2) is 30.1 Å². The van der Waals surface area contributed by atoms with Crippen molar-refractivity contribution < 1.29 is 0 Å². The first kappa shape index (κ1) is 10.4. The lowest BCUT2D eigenvalue weighted by molar-refractivity contribution is 1.02. The third-order valence-corrected chi connectivity index (χ3v) is 2.32. The molecule has 18 heavy (non-hydrogen) atoms. The fourth-order valence-corrected chi connectivity index (χ4v) is 1.47. The molecule has 0 N–H and O–H groups in total. The van der Waals surface area contributed by atoms with E-state index in [0.717, 1.165) is 0 Å².